The second kappa shape index (κ2) is 7.98. The summed E-state index contributed by atoms with van der Waals surface area (Å²) in [6.07, 6.45) is 7.05. The molecule has 0 bridgehead atoms. The Labute approximate surface area is 127 Å². The lowest BCUT2D eigenvalue weighted by molar-refractivity contribution is 0.0822. The fraction of sp³-hybridized carbons (Fsp3) is 0.625. The molecule has 0 aliphatic carbocycles. The van der Waals surface area contributed by atoms with Gasteiger partial charge in [0.2, 0.25) is 0 Å². The third kappa shape index (κ3) is 5.01. The first-order valence-corrected chi connectivity index (χ1v) is 7.81. The Morgan fingerprint density at radius 1 is 1.29 bits per heavy atom. The number of nitrogens with zero attached hydrogens (tertiary/aromatic N) is 3. The number of pyridine rings is 1. The highest BCUT2D eigenvalue weighted by atomic mass is 16.2. The largest absolute Gasteiger partial charge is 0.384 e. The van der Waals surface area contributed by atoms with E-state index in [0.717, 1.165) is 18.8 Å². The van der Waals surface area contributed by atoms with E-state index in [0.29, 0.717) is 5.69 Å². The highest BCUT2D eigenvalue weighted by Crippen LogP contribution is 2.11. The van der Waals surface area contributed by atoms with Crippen molar-refractivity contribution in [2.24, 2.45) is 0 Å². The number of carbonyl (C=O) groups is 1. The van der Waals surface area contributed by atoms with Crippen LogP contribution in [0.5, 0.6) is 0 Å². The number of amides is 1. The SMILES string of the molecule is CN(C)C(=O)c1cc(NCCN2CCCCCC2)ccn1. The van der Waals surface area contributed by atoms with Gasteiger partial charge in [0.15, 0.2) is 0 Å². The lowest BCUT2D eigenvalue weighted by Gasteiger charge is -2.20. The van der Waals surface area contributed by atoms with Crippen LogP contribution in [-0.4, -0.2) is 61.0 Å². The Kier molecular flexibility index (Phi) is 5.99. The van der Waals surface area contributed by atoms with Crippen molar-refractivity contribution in [2.45, 2.75) is 25.7 Å². The van der Waals surface area contributed by atoms with E-state index in [9.17, 15) is 4.79 Å². The van der Waals surface area contributed by atoms with Crippen molar-refractivity contribution in [2.75, 3.05) is 45.6 Å². The van der Waals surface area contributed by atoms with Crippen LogP contribution < -0.4 is 5.32 Å². The fourth-order valence-electron chi connectivity index (χ4n) is 2.60. The molecule has 2 rings (SSSR count). The van der Waals surface area contributed by atoms with Crippen LogP contribution in [0, 0.1) is 0 Å². The van der Waals surface area contributed by atoms with Crippen LogP contribution in [-0.2, 0) is 0 Å². The van der Waals surface area contributed by atoms with Crippen LogP contribution in [0.1, 0.15) is 36.2 Å². The smallest absolute Gasteiger partial charge is 0.272 e. The predicted octanol–water partition coefficient (Wildman–Crippen LogP) is 2.07. The molecular formula is C16H26N4O. The van der Waals surface area contributed by atoms with Gasteiger partial charge in [0.05, 0.1) is 0 Å². The summed E-state index contributed by atoms with van der Waals surface area (Å²) in [4.78, 5) is 20.1. The summed E-state index contributed by atoms with van der Waals surface area (Å²) < 4.78 is 0. The maximum Gasteiger partial charge on any atom is 0.272 e. The molecule has 1 aromatic heterocycles. The molecule has 5 heteroatoms. The van der Waals surface area contributed by atoms with E-state index >= 15 is 0 Å². The molecule has 0 saturated carbocycles. The Hall–Kier alpha value is -1.62. The van der Waals surface area contributed by atoms with Gasteiger partial charge in [-0.25, -0.2) is 0 Å². The molecule has 1 amide bonds. The quantitative estimate of drug-likeness (QED) is 0.902. The molecule has 0 radical (unpaired) electrons. The van der Waals surface area contributed by atoms with Gasteiger partial charge < -0.3 is 15.1 Å². The molecule has 1 fully saturated rings. The lowest BCUT2D eigenvalue weighted by Crippen LogP contribution is -2.30. The highest BCUT2D eigenvalue weighted by Gasteiger charge is 2.10. The average Bonchev–Trinajstić information content (AvgIpc) is 2.75. The first-order valence-electron chi connectivity index (χ1n) is 7.81. The average molecular weight is 290 g/mol. The zero-order valence-electron chi connectivity index (χ0n) is 13.1. The van der Waals surface area contributed by atoms with Crippen LogP contribution in [0.3, 0.4) is 0 Å². The Morgan fingerprint density at radius 3 is 2.67 bits per heavy atom. The summed E-state index contributed by atoms with van der Waals surface area (Å²) in [6, 6.07) is 3.74. The number of anilines is 1. The number of aromatic nitrogens is 1. The molecule has 5 nitrogen and oxygen atoms in total. The predicted molar refractivity (Wildman–Crippen MR) is 85.7 cm³/mol. The van der Waals surface area contributed by atoms with Gasteiger partial charge in [-0.05, 0) is 38.1 Å². The minimum atomic E-state index is -0.0637. The number of hydrogen-bond donors (Lipinski definition) is 1. The van der Waals surface area contributed by atoms with Crippen LogP contribution in [0.4, 0.5) is 5.69 Å². The molecule has 1 saturated heterocycles. The van der Waals surface area contributed by atoms with E-state index in [4.69, 9.17) is 0 Å². The zero-order valence-corrected chi connectivity index (χ0v) is 13.1. The summed E-state index contributed by atoms with van der Waals surface area (Å²) in [5.41, 5.74) is 1.45. The summed E-state index contributed by atoms with van der Waals surface area (Å²) in [5, 5.41) is 3.39. The van der Waals surface area contributed by atoms with Crippen molar-refractivity contribution in [3.63, 3.8) is 0 Å². The van der Waals surface area contributed by atoms with E-state index in [-0.39, 0.29) is 5.91 Å². The molecule has 1 N–H and O–H groups in total. The number of hydrogen-bond acceptors (Lipinski definition) is 4. The normalized spacial score (nSPS) is 16.3. The zero-order chi connectivity index (χ0) is 15.1. The maximum absolute atomic E-state index is 11.9. The van der Waals surface area contributed by atoms with Gasteiger partial charge in [0.1, 0.15) is 5.69 Å². The van der Waals surface area contributed by atoms with Gasteiger partial charge >= 0.3 is 0 Å². The topological polar surface area (TPSA) is 48.5 Å². The number of rotatable bonds is 5. The van der Waals surface area contributed by atoms with Crippen molar-refractivity contribution in [1.82, 2.24) is 14.8 Å². The fourth-order valence-corrected chi connectivity index (χ4v) is 2.60. The first kappa shape index (κ1) is 15.8. The first-order chi connectivity index (χ1) is 10.2. The maximum atomic E-state index is 11.9. The van der Waals surface area contributed by atoms with Crippen molar-refractivity contribution >= 4 is 11.6 Å². The molecule has 116 valence electrons. The summed E-state index contributed by atoms with van der Waals surface area (Å²) in [5.74, 6) is -0.0637. The molecule has 1 aliphatic rings. The van der Waals surface area contributed by atoms with Crippen molar-refractivity contribution in [1.29, 1.82) is 0 Å². The summed E-state index contributed by atoms with van der Waals surface area (Å²) in [7, 11) is 3.48. The van der Waals surface area contributed by atoms with Crippen LogP contribution in [0.25, 0.3) is 0 Å². The number of likely N-dealkylation sites (tertiary alicyclic amines) is 1. The van der Waals surface area contributed by atoms with Crippen molar-refractivity contribution in [3.8, 4) is 0 Å². The van der Waals surface area contributed by atoms with Gasteiger partial charge in [0.25, 0.3) is 5.91 Å². The van der Waals surface area contributed by atoms with E-state index in [1.165, 1.54) is 38.8 Å². The van der Waals surface area contributed by atoms with Gasteiger partial charge in [-0.3, -0.25) is 9.78 Å². The van der Waals surface area contributed by atoms with Gasteiger partial charge in [-0.15, -0.1) is 0 Å². The summed E-state index contributed by atoms with van der Waals surface area (Å²) in [6.45, 7) is 4.38. The van der Waals surface area contributed by atoms with E-state index in [1.807, 2.05) is 12.1 Å². The second-order valence-corrected chi connectivity index (χ2v) is 5.81. The Bertz CT molecular complexity index is 453. The van der Waals surface area contributed by atoms with Crippen molar-refractivity contribution in [3.05, 3.63) is 24.0 Å². The van der Waals surface area contributed by atoms with Crippen LogP contribution >= 0.6 is 0 Å². The molecule has 1 aromatic rings. The van der Waals surface area contributed by atoms with Crippen molar-refractivity contribution < 1.29 is 4.79 Å². The van der Waals surface area contributed by atoms with Crippen LogP contribution in [0.15, 0.2) is 18.3 Å². The number of carbonyl (C=O) groups excluding carboxylic acids is 1. The molecular weight excluding hydrogens is 264 g/mol. The highest BCUT2D eigenvalue weighted by molar-refractivity contribution is 5.92. The van der Waals surface area contributed by atoms with E-state index < -0.39 is 0 Å². The molecule has 21 heavy (non-hydrogen) atoms. The van der Waals surface area contributed by atoms with E-state index in [1.54, 1.807) is 25.2 Å². The third-order valence-electron chi connectivity index (χ3n) is 3.84. The summed E-state index contributed by atoms with van der Waals surface area (Å²) >= 11 is 0. The molecule has 1 aliphatic heterocycles. The van der Waals surface area contributed by atoms with E-state index in [2.05, 4.69) is 15.2 Å². The molecule has 0 spiro atoms. The monoisotopic (exact) mass is 290 g/mol. The minimum absolute atomic E-state index is 0.0637. The van der Waals surface area contributed by atoms with Crippen LogP contribution in [0.2, 0.25) is 0 Å². The number of nitrogens with one attached hydrogen (secondary N) is 1. The second-order valence-electron chi connectivity index (χ2n) is 5.81. The molecule has 0 aromatic carbocycles. The minimum Gasteiger partial charge on any atom is -0.384 e. The molecule has 0 atom stereocenters. The molecule has 2 heterocycles. The van der Waals surface area contributed by atoms with Gasteiger partial charge in [0, 0.05) is 39.1 Å². The Morgan fingerprint density at radius 2 is 2.00 bits per heavy atom. The third-order valence-corrected chi connectivity index (χ3v) is 3.84. The van der Waals surface area contributed by atoms with Gasteiger partial charge in [-0.1, -0.05) is 12.8 Å². The molecule has 0 unspecified atom stereocenters. The van der Waals surface area contributed by atoms with Gasteiger partial charge in [-0.2, -0.15) is 0 Å². The lowest BCUT2D eigenvalue weighted by atomic mass is 10.2. The Balaban J connectivity index is 1.82. The standard InChI is InChI=1S/C16H26N4O/c1-19(2)16(21)15-13-14(7-8-18-15)17-9-12-20-10-5-3-4-6-11-20/h7-8,13H,3-6,9-12H2,1-2H3,(H,17,18).